The van der Waals surface area contributed by atoms with E-state index in [0.29, 0.717) is 6.54 Å². The second-order valence-corrected chi connectivity index (χ2v) is 2.85. The third kappa shape index (κ3) is 0.969. The molecular formula is C5H8NO2P. The average molecular weight is 145 g/mol. The fraction of sp³-hybridized carbons (Fsp3) is 0.600. The number of carbonyl (C=O) groups is 2. The SMILES string of the molecule is CC1CN(P)C(=O)C1=O. The van der Waals surface area contributed by atoms with E-state index in [-0.39, 0.29) is 17.6 Å². The maximum atomic E-state index is 10.7. The standard InChI is InChI=1S/C5H8NO2P/c1-3-2-6(9)5(8)4(3)7/h3H,2,9H2,1H3. The van der Waals surface area contributed by atoms with Gasteiger partial charge in [-0.1, -0.05) is 6.92 Å². The fourth-order valence-electron chi connectivity index (χ4n) is 0.813. The van der Waals surface area contributed by atoms with Crippen molar-refractivity contribution in [1.29, 1.82) is 0 Å². The Morgan fingerprint density at radius 1 is 1.67 bits per heavy atom. The van der Waals surface area contributed by atoms with Crippen LogP contribution in [0.1, 0.15) is 6.92 Å². The molecule has 0 saturated carbocycles. The van der Waals surface area contributed by atoms with E-state index < -0.39 is 0 Å². The van der Waals surface area contributed by atoms with Crippen LogP contribution >= 0.6 is 9.39 Å². The highest BCUT2D eigenvalue weighted by atomic mass is 31.0. The van der Waals surface area contributed by atoms with Crippen molar-refractivity contribution in [2.45, 2.75) is 6.92 Å². The molecule has 1 aliphatic rings. The van der Waals surface area contributed by atoms with Gasteiger partial charge in [0.2, 0.25) is 5.78 Å². The Labute approximate surface area is 55.7 Å². The molecule has 0 aromatic rings. The second-order valence-electron chi connectivity index (χ2n) is 2.22. The Morgan fingerprint density at radius 2 is 2.22 bits per heavy atom. The molecular weight excluding hydrogens is 137 g/mol. The summed E-state index contributed by atoms with van der Waals surface area (Å²) in [7, 11) is 2.22. The van der Waals surface area contributed by atoms with Gasteiger partial charge in [0.25, 0.3) is 5.91 Å². The van der Waals surface area contributed by atoms with Crippen LogP contribution in [0.15, 0.2) is 0 Å². The van der Waals surface area contributed by atoms with Crippen molar-refractivity contribution in [3.63, 3.8) is 0 Å². The van der Waals surface area contributed by atoms with E-state index in [9.17, 15) is 9.59 Å². The van der Waals surface area contributed by atoms with Gasteiger partial charge in [-0.25, -0.2) is 0 Å². The van der Waals surface area contributed by atoms with Crippen molar-refractivity contribution < 1.29 is 9.59 Å². The molecule has 1 heterocycles. The third-order valence-corrected chi connectivity index (χ3v) is 1.84. The van der Waals surface area contributed by atoms with E-state index in [1.54, 1.807) is 6.92 Å². The summed E-state index contributed by atoms with van der Waals surface area (Å²) in [4.78, 5) is 21.4. The van der Waals surface area contributed by atoms with Gasteiger partial charge in [0.1, 0.15) is 0 Å². The second kappa shape index (κ2) is 2.07. The van der Waals surface area contributed by atoms with Crippen LogP contribution in [0.4, 0.5) is 0 Å². The molecule has 3 nitrogen and oxygen atoms in total. The van der Waals surface area contributed by atoms with Gasteiger partial charge in [0.05, 0.1) is 0 Å². The fourth-order valence-corrected chi connectivity index (χ4v) is 1.26. The number of nitrogens with zero attached hydrogens (tertiary/aromatic N) is 1. The Hall–Kier alpha value is -0.430. The van der Waals surface area contributed by atoms with E-state index in [0.717, 1.165) is 0 Å². The molecule has 9 heavy (non-hydrogen) atoms. The monoisotopic (exact) mass is 145 g/mol. The van der Waals surface area contributed by atoms with Crippen LogP contribution in [0.5, 0.6) is 0 Å². The van der Waals surface area contributed by atoms with Gasteiger partial charge in [-0.3, -0.25) is 9.59 Å². The van der Waals surface area contributed by atoms with Crippen LogP contribution in [0.25, 0.3) is 0 Å². The zero-order valence-electron chi connectivity index (χ0n) is 5.13. The molecule has 2 unspecified atom stereocenters. The molecule has 1 aliphatic heterocycles. The lowest BCUT2D eigenvalue weighted by atomic mass is 10.1. The summed E-state index contributed by atoms with van der Waals surface area (Å²) >= 11 is 0. The molecule has 0 aromatic heterocycles. The maximum absolute atomic E-state index is 10.7. The van der Waals surface area contributed by atoms with E-state index >= 15 is 0 Å². The predicted octanol–water partition coefficient (Wildman–Crippen LogP) is -0.176. The summed E-state index contributed by atoms with van der Waals surface area (Å²) in [5.41, 5.74) is 0. The molecule has 1 saturated heterocycles. The van der Waals surface area contributed by atoms with E-state index in [1.165, 1.54) is 4.67 Å². The Kier molecular flexibility index (Phi) is 1.54. The van der Waals surface area contributed by atoms with Gasteiger partial charge in [0.15, 0.2) is 0 Å². The van der Waals surface area contributed by atoms with Crippen molar-refractivity contribution >= 4 is 21.1 Å². The van der Waals surface area contributed by atoms with Gasteiger partial charge >= 0.3 is 0 Å². The van der Waals surface area contributed by atoms with Crippen LogP contribution < -0.4 is 0 Å². The molecule has 0 radical (unpaired) electrons. The Morgan fingerprint density at radius 3 is 2.33 bits per heavy atom. The number of carbonyl (C=O) groups excluding carboxylic acids is 2. The Bertz CT molecular complexity index is 150. The molecule has 1 amide bonds. The largest absolute Gasteiger partial charge is 0.320 e. The highest BCUT2D eigenvalue weighted by Gasteiger charge is 2.33. The Balaban J connectivity index is 2.77. The molecule has 0 spiro atoms. The first-order valence-corrected chi connectivity index (χ1v) is 3.25. The van der Waals surface area contributed by atoms with Gasteiger partial charge in [-0.2, -0.15) is 0 Å². The normalized spacial score (nSPS) is 27.8. The van der Waals surface area contributed by atoms with Crippen LogP contribution in [0.3, 0.4) is 0 Å². The van der Waals surface area contributed by atoms with Gasteiger partial charge in [0, 0.05) is 12.5 Å². The zero-order chi connectivity index (χ0) is 7.02. The number of Topliss-reactive ketones (excluding diaryl/α,β-unsaturated/α-hetero) is 1. The first-order valence-electron chi connectivity index (χ1n) is 2.73. The summed E-state index contributed by atoms with van der Waals surface area (Å²) in [6.45, 7) is 2.30. The number of rotatable bonds is 0. The number of hydrogen-bond acceptors (Lipinski definition) is 2. The summed E-state index contributed by atoms with van der Waals surface area (Å²) in [6, 6.07) is 0. The van der Waals surface area contributed by atoms with Crippen molar-refractivity contribution in [3.05, 3.63) is 0 Å². The lowest BCUT2D eigenvalue weighted by Gasteiger charge is -2.02. The molecule has 0 aliphatic carbocycles. The molecule has 2 atom stereocenters. The highest BCUT2D eigenvalue weighted by Crippen LogP contribution is 2.16. The van der Waals surface area contributed by atoms with Gasteiger partial charge in [-0.05, 0) is 9.39 Å². The number of ketones is 1. The van der Waals surface area contributed by atoms with Gasteiger partial charge in [-0.15, -0.1) is 0 Å². The quantitative estimate of drug-likeness (QED) is 0.350. The summed E-state index contributed by atoms with van der Waals surface area (Å²) < 4.78 is 1.37. The summed E-state index contributed by atoms with van der Waals surface area (Å²) in [6.07, 6.45) is 0. The zero-order valence-corrected chi connectivity index (χ0v) is 6.28. The predicted molar refractivity (Wildman–Crippen MR) is 35.6 cm³/mol. The first kappa shape index (κ1) is 6.69. The summed E-state index contributed by atoms with van der Waals surface area (Å²) in [5, 5.41) is 0. The highest BCUT2D eigenvalue weighted by molar-refractivity contribution is 7.15. The minimum atomic E-state index is -0.382. The van der Waals surface area contributed by atoms with Crippen molar-refractivity contribution in [3.8, 4) is 0 Å². The smallest absolute Gasteiger partial charge is 0.293 e. The number of amides is 1. The lowest BCUT2D eigenvalue weighted by molar-refractivity contribution is -0.138. The van der Waals surface area contributed by atoms with Crippen molar-refractivity contribution in [1.82, 2.24) is 4.67 Å². The van der Waals surface area contributed by atoms with Crippen LogP contribution in [-0.2, 0) is 9.59 Å². The minimum Gasteiger partial charge on any atom is -0.320 e. The molecule has 1 rings (SSSR count). The molecule has 4 heteroatoms. The van der Waals surface area contributed by atoms with E-state index in [1.807, 2.05) is 0 Å². The first-order chi connectivity index (χ1) is 4.13. The molecule has 0 bridgehead atoms. The average Bonchev–Trinajstić information content (AvgIpc) is 1.98. The van der Waals surface area contributed by atoms with Crippen molar-refractivity contribution in [2.75, 3.05) is 6.54 Å². The van der Waals surface area contributed by atoms with E-state index in [4.69, 9.17) is 0 Å². The molecule has 0 N–H and O–H groups in total. The number of hydrogen-bond donors (Lipinski definition) is 0. The van der Waals surface area contributed by atoms with Crippen LogP contribution in [0, 0.1) is 5.92 Å². The summed E-state index contributed by atoms with van der Waals surface area (Å²) in [5.74, 6) is -0.771. The molecule has 0 aromatic carbocycles. The lowest BCUT2D eigenvalue weighted by Crippen LogP contribution is -2.16. The van der Waals surface area contributed by atoms with Gasteiger partial charge < -0.3 is 4.67 Å². The molecule has 50 valence electrons. The third-order valence-electron chi connectivity index (χ3n) is 1.39. The topological polar surface area (TPSA) is 37.4 Å². The van der Waals surface area contributed by atoms with Crippen LogP contribution in [0.2, 0.25) is 0 Å². The molecule has 1 fully saturated rings. The van der Waals surface area contributed by atoms with Crippen molar-refractivity contribution in [2.24, 2.45) is 5.92 Å². The minimum absolute atomic E-state index is 0.116. The maximum Gasteiger partial charge on any atom is 0.293 e. The van der Waals surface area contributed by atoms with Crippen LogP contribution in [-0.4, -0.2) is 22.9 Å². The van der Waals surface area contributed by atoms with E-state index in [2.05, 4.69) is 9.39 Å².